The second-order valence-electron chi connectivity index (χ2n) is 2.26. The van der Waals surface area contributed by atoms with E-state index in [0.29, 0.717) is 5.39 Å². The quantitative estimate of drug-likeness (QED) is 0.641. The van der Waals surface area contributed by atoms with Crippen LogP contribution in [0.15, 0.2) is 23.6 Å². The van der Waals surface area contributed by atoms with Crippen molar-refractivity contribution in [3.63, 3.8) is 0 Å². The predicted octanol–water partition coefficient (Wildman–Crippen LogP) is 2.75. The fourth-order valence-electron chi connectivity index (χ4n) is 0.986. The maximum atomic E-state index is 12.8. The van der Waals surface area contributed by atoms with Crippen LogP contribution in [0.4, 0.5) is 4.39 Å². The number of benzene rings is 1. The Hall–Kier alpha value is -1.09. The number of halogens is 1. The van der Waals surface area contributed by atoms with Gasteiger partial charge in [0, 0.05) is 15.5 Å². The van der Waals surface area contributed by atoms with E-state index in [1.165, 1.54) is 22.8 Å². The number of hydrogen-bond donors (Lipinski definition) is 1. The molecule has 2 aromatic rings. The lowest BCUT2D eigenvalue weighted by molar-refractivity contribution is 0.476. The first-order chi connectivity index (χ1) is 5.27. The first-order valence-corrected chi connectivity index (χ1v) is 4.01. The van der Waals surface area contributed by atoms with Gasteiger partial charge in [0.15, 0.2) is 0 Å². The van der Waals surface area contributed by atoms with E-state index in [4.69, 9.17) is 5.11 Å². The van der Waals surface area contributed by atoms with Crippen LogP contribution in [0.3, 0.4) is 0 Å². The first-order valence-electron chi connectivity index (χ1n) is 3.13. The molecule has 0 saturated carbocycles. The van der Waals surface area contributed by atoms with Gasteiger partial charge >= 0.3 is 0 Å². The molecule has 1 heterocycles. The van der Waals surface area contributed by atoms with Crippen molar-refractivity contribution in [2.24, 2.45) is 0 Å². The third kappa shape index (κ3) is 0.973. The Kier molecular flexibility index (Phi) is 1.32. The van der Waals surface area contributed by atoms with Crippen LogP contribution in [0, 0.1) is 5.82 Å². The number of aromatic hydroxyl groups is 1. The molecule has 0 atom stereocenters. The number of phenolic OH excluding ortho intramolecular Hbond substituents is 1. The second-order valence-corrected chi connectivity index (χ2v) is 3.18. The maximum absolute atomic E-state index is 12.8. The minimum atomic E-state index is -0.263. The SMILES string of the molecule is Oc1ccc2scc(F)c2c1. The Morgan fingerprint density at radius 2 is 2.18 bits per heavy atom. The lowest BCUT2D eigenvalue weighted by Crippen LogP contribution is -1.67. The minimum absolute atomic E-state index is 0.106. The monoisotopic (exact) mass is 168 g/mol. The van der Waals surface area contributed by atoms with Crippen molar-refractivity contribution in [3.8, 4) is 5.75 Å². The molecule has 0 bridgehead atoms. The fourth-order valence-corrected chi connectivity index (χ4v) is 1.77. The molecule has 0 aliphatic carbocycles. The van der Waals surface area contributed by atoms with Gasteiger partial charge < -0.3 is 5.11 Å². The summed E-state index contributed by atoms with van der Waals surface area (Å²) in [6.45, 7) is 0. The van der Waals surface area contributed by atoms with Crippen LogP contribution >= 0.6 is 11.3 Å². The highest BCUT2D eigenvalue weighted by atomic mass is 32.1. The van der Waals surface area contributed by atoms with Crippen LogP contribution in [0.25, 0.3) is 10.1 Å². The van der Waals surface area contributed by atoms with Crippen molar-refractivity contribution in [2.75, 3.05) is 0 Å². The summed E-state index contributed by atoms with van der Waals surface area (Å²) < 4.78 is 13.7. The van der Waals surface area contributed by atoms with E-state index in [1.54, 1.807) is 12.1 Å². The zero-order valence-corrected chi connectivity index (χ0v) is 6.36. The third-order valence-corrected chi connectivity index (χ3v) is 2.44. The van der Waals surface area contributed by atoms with Crippen molar-refractivity contribution in [1.82, 2.24) is 0 Å². The molecule has 1 aromatic heterocycles. The summed E-state index contributed by atoms with van der Waals surface area (Å²) in [5.74, 6) is -0.157. The molecule has 0 aliphatic heterocycles. The molecule has 1 aromatic carbocycles. The summed E-state index contributed by atoms with van der Waals surface area (Å²) in [6.07, 6.45) is 0. The van der Waals surface area contributed by atoms with Gasteiger partial charge in [0.05, 0.1) is 0 Å². The zero-order chi connectivity index (χ0) is 7.84. The Morgan fingerprint density at radius 1 is 1.36 bits per heavy atom. The number of hydrogen-bond acceptors (Lipinski definition) is 2. The van der Waals surface area contributed by atoms with Gasteiger partial charge in [-0.25, -0.2) is 4.39 Å². The molecule has 0 amide bonds. The van der Waals surface area contributed by atoms with Crippen LogP contribution in [0.2, 0.25) is 0 Å². The average molecular weight is 168 g/mol. The van der Waals surface area contributed by atoms with Crippen LogP contribution in [0.5, 0.6) is 5.75 Å². The van der Waals surface area contributed by atoms with Crippen LogP contribution in [-0.4, -0.2) is 5.11 Å². The van der Waals surface area contributed by atoms with Gasteiger partial charge in [0.1, 0.15) is 11.6 Å². The van der Waals surface area contributed by atoms with E-state index < -0.39 is 0 Å². The molecule has 1 N–H and O–H groups in total. The maximum Gasteiger partial charge on any atom is 0.141 e. The van der Waals surface area contributed by atoms with E-state index in [9.17, 15) is 4.39 Å². The highest BCUT2D eigenvalue weighted by Crippen LogP contribution is 2.27. The molecular weight excluding hydrogens is 163 g/mol. The minimum Gasteiger partial charge on any atom is -0.508 e. The van der Waals surface area contributed by atoms with E-state index in [-0.39, 0.29) is 11.6 Å². The number of fused-ring (bicyclic) bond motifs is 1. The third-order valence-electron chi connectivity index (χ3n) is 1.51. The summed E-state index contributed by atoms with van der Waals surface area (Å²) in [4.78, 5) is 0. The lowest BCUT2D eigenvalue weighted by Gasteiger charge is -1.90. The van der Waals surface area contributed by atoms with Gasteiger partial charge in [-0.3, -0.25) is 0 Å². The molecule has 1 nitrogen and oxygen atoms in total. The molecule has 0 fully saturated rings. The Bertz CT molecular complexity index is 394. The first kappa shape index (κ1) is 6.61. The zero-order valence-electron chi connectivity index (χ0n) is 5.54. The lowest BCUT2D eigenvalue weighted by atomic mass is 10.2. The summed E-state index contributed by atoms with van der Waals surface area (Å²) in [6, 6.07) is 4.69. The molecule has 2 rings (SSSR count). The summed E-state index contributed by atoms with van der Waals surface area (Å²) in [5.41, 5.74) is 0. The molecule has 3 heteroatoms. The Morgan fingerprint density at radius 3 is 3.00 bits per heavy atom. The Labute approximate surface area is 66.7 Å². The summed E-state index contributed by atoms with van der Waals surface area (Å²) in [5, 5.41) is 10.9. The standard InChI is InChI=1S/C8H5FOS/c9-7-4-11-8-2-1-5(10)3-6(7)8/h1-4,10H. The molecule has 0 aliphatic rings. The molecule has 0 saturated heterocycles. The summed E-state index contributed by atoms with van der Waals surface area (Å²) in [7, 11) is 0. The predicted molar refractivity (Wildman–Crippen MR) is 43.4 cm³/mol. The van der Waals surface area contributed by atoms with E-state index >= 15 is 0 Å². The van der Waals surface area contributed by atoms with Crippen molar-refractivity contribution < 1.29 is 9.50 Å². The van der Waals surface area contributed by atoms with Crippen molar-refractivity contribution in [1.29, 1.82) is 0 Å². The van der Waals surface area contributed by atoms with E-state index in [1.807, 2.05) is 0 Å². The smallest absolute Gasteiger partial charge is 0.141 e. The van der Waals surface area contributed by atoms with Crippen molar-refractivity contribution >= 4 is 21.4 Å². The van der Waals surface area contributed by atoms with Crippen molar-refractivity contribution in [3.05, 3.63) is 29.4 Å². The molecule has 11 heavy (non-hydrogen) atoms. The van der Waals surface area contributed by atoms with Gasteiger partial charge in [-0.1, -0.05) is 0 Å². The fraction of sp³-hybridized carbons (Fsp3) is 0. The van der Waals surface area contributed by atoms with Gasteiger partial charge in [-0.15, -0.1) is 11.3 Å². The van der Waals surface area contributed by atoms with Gasteiger partial charge in [-0.2, -0.15) is 0 Å². The van der Waals surface area contributed by atoms with Crippen LogP contribution < -0.4 is 0 Å². The van der Waals surface area contributed by atoms with E-state index in [0.717, 1.165) is 4.70 Å². The van der Waals surface area contributed by atoms with Crippen LogP contribution in [0.1, 0.15) is 0 Å². The molecule has 0 spiro atoms. The highest BCUT2D eigenvalue weighted by Gasteiger charge is 2.02. The van der Waals surface area contributed by atoms with Crippen molar-refractivity contribution in [2.45, 2.75) is 0 Å². The molecule has 56 valence electrons. The molecular formula is C8H5FOS. The number of rotatable bonds is 0. The number of thiophene rings is 1. The van der Waals surface area contributed by atoms with Gasteiger partial charge in [0.25, 0.3) is 0 Å². The molecule has 0 radical (unpaired) electrons. The van der Waals surface area contributed by atoms with Gasteiger partial charge in [-0.05, 0) is 18.2 Å². The second kappa shape index (κ2) is 2.20. The largest absolute Gasteiger partial charge is 0.508 e. The van der Waals surface area contributed by atoms with Gasteiger partial charge in [0.2, 0.25) is 0 Å². The normalized spacial score (nSPS) is 10.6. The number of phenols is 1. The Balaban J connectivity index is 2.87. The van der Waals surface area contributed by atoms with Crippen LogP contribution in [-0.2, 0) is 0 Å². The summed E-state index contributed by atoms with van der Waals surface area (Å²) >= 11 is 1.34. The topological polar surface area (TPSA) is 20.2 Å². The van der Waals surface area contributed by atoms with E-state index in [2.05, 4.69) is 0 Å². The molecule has 0 unspecified atom stereocenters. The average Bonchev–Trinajstić information content (AvgIpc) is 2.33. The highest BCUT2D eigenvalue weighted by molar-refractivity contribution is 7.17.